The molecule has 0 aliphatic rings. The lowest BCUT2D eigenvalue weighted by molar-refractivity contribution is -0.143. The van der Waals surface area contributed by atoms with E-state index in [9.17, 15) is 14.4 Å². The van der Waals surface area contributed by atoms with Crippen LogP contribution in [0.5, 0.6) is 0 Å². The summed E-state index contributed by atoms with van der Waals surface area (Å²) in [4.78, 5) is 39.6. The molecule has 1 aromatic heterocycles. The molecule has 0 aliphatic carbocycles. The van der Waals surface area contributed by atoms with E-state index in [0.717, 1.165) is 10.5 Å². The topological polar surface area (TPSA) is 113 Å². The zero-order chi connectivity index (χ0) is 27.1. The van der Waals surface area contributed by atoms with Crippen LogP contribution in [0.4, 0.5) is 5.82 Å². The third kappa shape index (κ3) is 6.51. The van der Waals surface area contributed by atoms with Crippen LogP contribution >= 0.6 is 27.7 Å². The lowest BCUT2D eigenvalue weighted by atomic mass is 10.1. The van der Waals surface area contributed by atoms with Crippen molar-refractivity contribution >= 4 is 51.3 Å². The molecule has 3 N–H and O–H groups in total. The maximum atomic E-state index is 13.2. The maximum absolute atomic E-state index is 13.2. The molecule has 38 heavy (non-hydrogen) atoms. The zero-order valence-corrected chi connectivity index (χ0v) is 23.1. The van der Waals surface area contributed by atoms with Gasteiger partial charge in [-0.05, 0) is 52.2 Å². The Bertz CT molecular complexity index is 1460. The van der Waals surface area contributed by atoms with Gasteiger partial charge in [-0.2, -0.15) is 5.10 Å². The lowest BCUT2D eigenvalue weighted by Crippen LogP contribution is -2.34. The SMILES string of the molecule is COC(=O)[C@@H](NC(=O)c1[nH]nc(NC(=O)c2ccccc2CSc2cccc(C)c2)c1Br)c1ccccc1. The first-order chi connectivity index (χ1) is 18.4. The minimum absolute atomic E-state index is 0.0495. The van der Waals surface area contributed by atoms with Crippen LogP contribution in [-0.4, -0.2) is 35.1 Å². The molecule has 10 heteroatoms. The van der Waals surface area contributed by atoms with E-state index < -0.39 is 17.9 Å². The maximum Gasteiger partial charge on any atom is 0.333 e. The minimum atomic E-state index is -1.01. The highest BCUT2D eigenvalue weighted by atomic mass is 79.9. The van der Waals surface area contributed by atoms with Gasteiger partial charge in [0.2, 0.25) is 0 Å². The van der Waals surface area contributed by atoms with Gasteiger partial charge in [0.05, 0.1) is 11.6 Å². The fourth-order valence-electron chi connectivity index (χ4n) is 3.72. The van der Waals surface area contributed by atoms with Gasteiger partial charge in [-0.3, -0.25) is 14.7 Å². The molecule has 2 amide bonds. The van der Waals surface area contributed by atoms with Gasteiger partial charge in [-0.1, -0.05) is 66.2 Å². The van der Waals surface area contributed by atoms with E-state index in [2.05, 4.69) is 42.8 Å². The van der Waals surface area contributed by atoms with Gasteiger partial charge < -0.3 is 15.4 Å². The molecule has 1 atom stereocenters. The summed E-state index contributed by atoms with van der Waals surface area (Å²) in [6, 6.07) is 23.3. The Labute approximate surface area is 232 Å². The quantitative estimate of drug-likeness (QED) is 0.170. The van der Waals surface area contributed by atoms with Crippen LogP contribution < -0.4 is 10.6 Å². The molecule has 0 aliphatic heterocycles. The van der Waals surface area contributed by atoms with Gasteiger partial charge in [0.15, 0.2) is 11.9 Å². The Morgan fingerprint density at radius 1 is 1.00 bits per heavy atom. The number of aromatic amines is 1. The number of carbonyl (C=O) groups is 3. The summed E-state index contributed by atoms with van der Waals surface area (Å²) >= 11 is 4.99. The molecule has 0 saturated carbocycles. The molecule has 1 heterocycles. The van der Waals surface area contributed by atoms with Crippen molar-refractivity contribution in [3.05, 3.63) is 111 Å². The first-order valence-electron chi connectivity index (χ1n) is 11.6. The number of nitrogens with one attached hydrogen (secondary N) is 3. The molecule has 3 aromatic carbocycles. The summed E-state index contributed by atoms with van der Waals surface area (Å²) < 4.78 is 5.11. The standard InChI is InChI=1S/C28H25BrN4O4S/c1-17-9-8-13-20(15-17)38-16-19-12-6-7-14-21(19)26(34)31-25-22(29)24(32-33-25)27(35)30-23(28(36)37-2)18-10-4-3-5-11-18/h3-15,23H,16H2,1-2H3,(H,30,35)(H2,31,32,33,34)/t23-/m0/s1. The Morgan fingerprint density at radius 2 is 1.74 bits per heavy atom. The average Bonchev–Trinajstić information content (AvgIpc) is 3.30. The number of hydrogen-bond donors (Lipinski definition) is 3. The number of carbonyl (C=O) groups excluding carboxylic acids is 3. The largest absolute Gasteiger partial charge is 0.467 e. The van der Waals surface area contributed by atoms with Crippen molar-refractivity contribution in [2.75, 3.05) is 12.4 Å². The monoisotopic (exact) mass is 592 g/mol. The number of nitrogens with zero attached hydrogens (tertiary/aromatic N) is 1. The number of ether oxygens (including phenoxy) is 1. The first kappa shape index (κ1) is 27.2. The highest BCUT2D eigenvalue weighted by Crippen LogP contribution is 2.28. The Balaban J connectivity index is 1.47. The molecule has 8 nitrogen and oxygen atoms in total. The number of esters is 1. The summed E-state index contributed by atoms with van der Waals surface area (Å²) in [6.07, 6.45) is 0. The van der Waals surface area contributed by atoms with Gasteiger partial charge in [-0.25, -0.2) is 4.79 Å². The highest BCUT2D eigenvalue weighted by molar-refractivity contribution is 9.10. The summed E-state index contributed by atoms with van der Waals surface area (Å²) in [5.74, 6) is -0.818. The van der Waals surface area contributed by atoms with Crippen LogP contribution in [0.3, 0.4) is 0 Å². The van der Waals surface area contributed by atoms with Crippen LogP contribution in [-0.2, 0) is 15.3 Å². The number of halogens is 1. The summed E-state index contributed by atoms with van der Waals surface area (Å²) in [5, 5.41) is 12.1. The van der Waals surface area contributed by atoms with Crippen molar-refractivity contribution in [3.63, 3.8) is 0 Å². The average molecular weight is 594 g/mol. The van der Waals surface area contributed by atoms with E-state index >= 15 is 0 Å². The first-order valence-corrected chi connectivity index (χ1v) is 13.4. The number of thioether (sulfide) groups is 1. The van der Waals surface area contributed by atoms with Crippen LogP contribution in [0.2, 0.25) is 0 Å². The fraction of sp³-hybridized carbons (Fsp3) is 0.143. The number of hydrogen-bond acceptors (Lipinski definition) is 6. The number of rotatable bonds is 9. The predicted molar refractivity (Wildman–Crippen MR) is 150 cm³/mol. The number of benzene rings is 3. The third-order valence-corrected chi connectivity index (χ3v) is 7.47. The van der Waals surface area contributed by atoms with Gasteiger partial charge in [0, 0.05) is 16.2 Å². The molecule has 0 radical (unpaired) electrons. The van der Waals surface area contributed by atoms with Crippen LogP contribution in [0.1, 0.15) is 43.6 Å². The van der Waals surface area contributed by atoms with Crippen LogP contribution in [0, 0.1) is 6.92 Å². The molecule has 194 valence electrons. The lowest BCUT2D eigenvalue weighted by Gasteiger charge is -2.16. The fourth-order valence-corrected chi connectivity index (χ4v) is 5.19. The van der Waals surface area contributed by atoms with Crippen LogP contribution in [0.25, 0.3) is 0 Å². The van der Waals surface area contributed by atoms with Gasteiger partial charge in [-0.15, -0.1) is 11.8 Å². The highest BCUT2D eigenvalue weighted by Gasteiger charge is 2.27. The second kappa shape index (κ2) is 12.6. The normalized spacial score (nSPS) is 11.4. The molecule has 0 spiro atoms. The summed E-state index contributed by atoms with van der Waals surface area (Å²) in [6.45, 7) is 2.04. The Hall–Kier alpha value is -3.89. The van der Waals surface area contributed by atoms with Crippen molar-refractivity contribution in [2.45, 2.75) is 23.6 Å². The second-order valence-corrected chi connectivity index (χ2v) is 10.2. The van der Waals surface area contributed by atoms with Gasteiger partial charge in [0.1, 0.15) is 5.69 Å². The Kier molecular flexibility index (Phi) is 8.98. The van der Waals surface area contributed by atoms with Crippen molar-refractivity contribution in [1.29, 1.82) is 0 Å². The van der Waals surface area contributed by atoms with Crippen molar-refractivity contribution in [3.8, 4) is 0 Å². The van der Waals surface area contributed by atoms with E-state index in [1.54, 1.807) is 54.2 Å². The zero-order valence-electron chi connectivity index (χ0n) is 20.7. The van der Waals surface area contributed by atoms with Crippen molar-refractivity contribution in [1.82, 2.24) is 15.5 Å². The van der Waals surface area contributed by atoms with E-state index in [1.165, 1.54) is 12.7 Å². The number of methoxy groups -OCH3 is 1. The van der Waals surface area contributed by atoms with E-state index in [0.29, 0.717) is 16.9 Å². The number of aryl methyl sites for hydroxylation is 1. The number of amides is 2. The molecule has 0 saturated heterocycles. The molecule has 4 rings (SSSR count). The molecular weight excluding hydrogens is 568 g/mol. The summed E-state index contributed by atoms with van der Waals surface area (Å²) in [5.41, 5.74) is 3.16. The van der Waals surface area contributed by atoms with Gasteiger partial charge >= 0.3 is 5.97 Å². The Morgan fingerprint density at radius 3 is 2.47 bits per heavy atom. The summed E-state index contributed by atoms with van der Waals surface area (Å²) in [7, 11) is 1.25. The van der Waals surface area contributed by atoms with Gasteiger partial charge in [0.25, 0.3) is 11.8 Å². The third-order valence-electron chi connectivity index (χ3n) is 5.66. The van der Waals surface area contributed by atoms with E-state index in [4.69, 9.17) is 4.74 Å². The molecule has 0 fully saturated rings. The van der Waals surface area contributed by atoms with Crippen molar-refractivity contribution in [2.24, 2.45) is 0 Å². The molecule has 0 unspecified atom stereocenters. The van der Waals surface area contributed by atoms with E-state index in [-0.39, 0.29) is 21.9 Å². The minimum Gasteiger partial charge on any atom is -0.467 e. The molecule has 4 aromatic rings. The molecular formula is C28H25BrN4O4S. The number of aromatic nitrogens is 2. The van der Waals surface area contributed by atoms with Crippen LogP contribution in [0.15, 0.2) is 88.2 Å². The smallest absolute Gasteiger partial charge is 0.333 e. The number of anilines is 1. The van der Waals surface area contributed by atoms with Crippen molar-refractivity contribution < 1.29 is 19.1 Å². The van der Waals surface area contributed by atoms with E-state index in [1.807, 2.05) is 37.3 Å². The predicted octanol–water partition coefficient (Wildman–Crippen LogP) is 5.67. The second-order valence-electron chi connectivity index (χ2n) is 8.32. The molecule has 0 bridgehead atoms. The number of H-pyrrole nitrogens is 1.